The van der Waals surface area contributed by atoms with Gasteiger partial charge in [0.25, 0.3) is 13.1 Å². The van der Waals surface area contributed by atoms with Gasteiger partial charge in [0.15, 0.2) is 0 Å². The number of fused-ring (bicyclic) bond motifs is 1. The van der Waals surface area contributed by atoms with Crippen molar-refractivity contribution in [2.75, 3.05) is 0 Å². The first-order valence-electron chi connectivity index (χ1n) is 4.20. The number of rotatable bonds is 2. The van der Waals surface area contributed by atoms with Crippen molar-refractivity contribution < 1.29 is 4.92 Å². The van der Waals surface area contributed by atoms with Crippen LogP contribution in [-0.4, -0.2) is 17.0 Å². The average molecular weight is 332 g/mol. The van der Waals surface area contributed by atoms with Gasteiger partial charge in [0, 0.05) is 22.5 Å². The minimum Gasteiger partial charge on any atom is -0.334 e. The molecule has 0 saturated heterocycles. The zero-order valence-corrected chi connectivity index (χ0v) is 10.7. The highest BCUT2D eigenvalue weighted by molar-refractivity contribution is 9.18. The molecule has 7 heteroatoms. The molecule has 0 radical (unpaired) electrons. The van der Waals surface area contributed by atoms with Crippen LogP contribution >= 0.6 is 31.9 Å². The molecule has 0 bridgehead atoms. The van der Waals surface area contributed by atoms with E-state index in [1.54, 1.807) is 6.07 Å². The second-order valence-corrected chi connectivity index (χ2v) is 4.45. The fraction of sp³-hybridized carbons (Fsp3) is 0.125. The van der Waals surface area contributed by atoms with E-state index < -0.39 is 0 Å². The molecule has 0 aromatic heterocycles. The molecular formula is C8H5BBr2N2O2. The number of hydrogen-bond acceptors (Lipinski definition) is 3. The van der Waals surface area contributed by atoms with Gasteiger partial charge in [0.2, 0.25) is 0 Å². The third kappa shape index (κ3) is 1.85. The molecule has 1 aromatic rings. The standard InChI is InChI=1S/C8H5BBr2N2O2/c10-3-4-1-6-5(8(11)12-9-6)2-7(4)13(14)15/h1-2,9H,3H2. The quantitative estimate of drug-likeness (QED) is 0.358. The van der Waals surface area contributed by atoms with Crippen LogP contribution in [0.4, 0.5) is 5.69 Å². The number of alkyl halides is 1. The molecule has 0 aliphatic carbocycles. The Kier molecular flexibility index (Phi) is 2.93. The fourth-order valence-electron chi connectivity index (χ4n) is 1.52. The molecule has 2 rings (SSSR count). The van der Waals surface area contributed by atoms with Gasteiger partial charge in [-0.1, -0.05) is 22.0 Å². The van der Waals surface area contributed by atoms with Crippen molar-refractivity contribution >= 4 is 55.0 Å². The molecule has 0 amide bonds. The lowest BCUT2D eigenvalue weighted by atomic mass is 9.82. The molecule has 0 unspecified atom stereocenters. The zero-order chi connectivity index (χ0) is 11.0. The summed E-state index contributed by atoms with van der Waals surface area (Å²) >= 11 is 6.53. The van der Waals surface area contributed by atoms with Crippen LogP contribution in [0.2, 0.25) is 0 Å². The molecular weight excluding hydrogens is 327 g/mol. The maximum atomic E-state index is 10.8. The van der Waals surface area contributed by atoms with E-state index in [2.05, 4.69) is 36.8 Å². The summed E-state index contributed by atoms with van der Waals surface area (Å²) in [5, 5.41) is 11.3. The summed E-state index contributed by atoms with van der Waals surface area (Å²) in [6.07, 6.45) is 0. The van der Waals surface area contributed by atoms with E-state index in [9.17, 15) is 10.1 Å². The van der Waals surface area contributed by atoms with Gasteiger partial charge in [-0.25, -0.2) is 0 Å². The van der Waals surface area contributed by atoms with Crippen molar-refractivity contribution in [2.45, 2.75) is 5.33 Å². The fourth-order valence-corrected chi connectivity index (χ4v) is 2.47. The molecule has 1 aliphatic rings. The van der Waals surface area contributed by atoms with Crippen LogP contribution in [0.5, 0.6) is 0 Å². The van der Waals surface area contributed by atoms with Crippen molar-refractivity contribution in [1.29, 1.82) is 0 Å². The normalized spacial score (nSPS) is 13.1. The monoisotopic (exact) mass is 330 g/mol. The summed E-state index contributed by atoms with van der Waals surface area (Å²) < 4.78 is 0.696. The van der Waals surface area contributed by atoms with E-state index in [-0.39, 0.29) is 10.6 Å². The van der Waals surface area contributed by atoms with Crippen LogP contribution < -0.4 is 5.46 Å². The van der Waals surface area contributed by atoms with Crippen LogP contribution in [-0.2, 0) is 5.33 Å². The SMILES string of the molecule is O=[N+]([O-])c1cc2c(cc1CBr)BN=C2Br. The van der Waals surface area contributed by atoms with Gasteiger partial charge in [-0.15, -0.1) is 0 Å². The van der Waals surface area contributed by atoms with E-state index in [0.29, 0.717) is 22.9 Å². The lowest BCUT2D eigenvalue weighted by Crippen LogP contribution is -2.14. The lowest BCUT2D eigenvalue weighted by Gasteiger charge is -2.03. The predicted molar refractivity (Wildman–Crippen MR) is 68.0 cm³/mol. The van der Waals surface area contributed by atoms with Crippen molar-refractivity contribution in [3.8, 4) is 0 Å². The molecule has 1 heterocycles. The second kappa shape index (κ2) is 4.06. The molecule has 0 fully saturated rings. The Hall–Kier alpha value is -0.685. The number of nitrogens with zero attached hydrogens (tertiary/aromatic N) is 2. The van der Waals surface area contributed by atoms with E-state index >= 15 is 0 Å². The highest BCUT2D eigenvalue weighted by Gasteiger charge is 2.22. The Balaban J connectivity index is 2.60. The molecule has 0 spiro atoms. The largest absolute Gasteiger partial charge is 0.334 e. The molecule has 0 saturated carbocycles. The summed E-state index contributed by atoms with van der Waals surface area (Å²) in [4.78, 5) is 14.6. The molecule has 0 atom stereocenters. The Bertz CT molecular complexity index is 476. The van der Waals surface area contributed by atoms with Gasteiger partial charge in [-0.05, 0) is 21.4 Å². The maximum Gasteiger partial charge on any atom is 0.296 e. The van der Waals surface area contributed by atoms with Gasteiger partial charge in [-0.2, -0.15) is 0 Å². The van der Waals surface area contributed by atoms with Crippen LogP contribution in [0.15, 0.2) is 17.0 Å². The second-order valence-electron chi connectivity index (χ2n) is 3.14. The van der Waals surface area contributed by atoms with Crippen molar-refractivity contribution in [3.63, 3.8) is 0 Å². The lowest BCUT2D eigenvalue weighted by molar-refractivity contribution is -0.385. The highest BCUT2D eigenvalue weighted by atomic mass is 79.9. The summed E-state index contributed by atoms with van der Waals surface area (Å²) in [6.45, 7) is 0. The third-order valence-electron chi connectivity index (χ3n) is 2.26. The minimum absolute atomic E-state index is 0.139. The number of nitro benzene ring substituents is 1. The van der Waals surface area contributed by atoms with E-state index in [1.807, 2.05) is 6.07 Å². The molecule has 15 heavy (non-hydrogen) atoms. The van der Waals surface area contributed by atoms with Crippen LogP contribution in [0, 0.1) is 10.1 Å². The molecule has 1 aliphatic heterocycles. The highest BCUT2D eigenvalue weighted by Crippen LogP contribution is 2.24. The Morgan fingerprint density at radius 3 is 2.87 bits per heavy atom. The minimum atomic E-state index is -0.366. The maximum absolute atomic E-state index is 10.8. The van der Waals surface area contributed by atoms with Crippen molar-refractivity contribution in [2.24, 2.45) is 4.90 Å². The first-order chi connectivity index (χ1) is 7.13. The van der Waals surface area contributed by atoms with Gasteiger partial charge in [0.05, 0.1) is 9.54 Å². The van der Waals surface area contributed by atoms with Gasteiger partial charge in [-0.3, -0.25) is 10.1 Å². The number of nitro groups is 1. The first kappa shape index (κ1) is 10.8. The third-order valence-corrected chi connectivity index (χ3v) is 3.54. The molecule has 1 aromatic carbocycles. The molecule has 4 nitrogen and oxygen atoms in total. The van der Waals surface area contributed by atoms with Crippen LogP contribution in [0.1, 0.15) is 11.1 Å². The van der Waals surface area contributed by atoms with Gasteiger partial charge in [0.1, 0.15) is 0 Å². The molecule has 0 N–H and O–H groups in total. The van der Waals surface area contributed by atoms with Crippen LogP contribution in [0.3, 0.4) is 0 Å². The average Bonchev–Trinajstić information content (AvgIpc) is 2.58. The first-order valence-corrected chi connectivity index (χ1v) is 6.11. The number of hydrogen-bond donors (Lipinski definition) is 0. The van der Waals surface area contributed by atoms with E-state index in [4.69, 9.17) is 0 Å². The summed E-state index contributed by atoms with van der Waals surface area (Å²) in [5.41, 5.74) is 2.68. The van der Waals surface area contributed by atoms with E-state index in [0.717, 1.165) is 11.0 Å². The van der Waals surface area contributed by atoms with Crippen molar-refractivity contribution in [1.82, 2.24) is 0 Å². The van der Waals surface area contributed by atoms with Crippen molar-refractivity contribution in [3.05, 3.63) is 33.4 Å². The number of halogens is 2. The summed E-state index contributed by atoms with van der Waals surface area (Å²) in [5.74, 6) is 0. The Morgan fingerprint density at radius 2 is 2.27 bits per heavy atom. The predicted octanol–water partition coefficient (Wildman–Crippen LogP) is 1.62. The molecule has 76 valence electrons. The van der Waals surface area contributed by atoms with Gasteiger partial charge >= 0.3 is 0 Å². The van der Waals surface area contributed by atoms with Gasteiger partial charge < -0.3 is 4.90 Å². The Labute approximate surface area is 103 Å². The smallest absolute Gasteiger partial charge is 0.296 e. The summed E-state index contributed by atoms with van der Waals surface area (Å²) in [7, 11) is 0.591. The number of benzene rings is 1. The van der Waals surface area contributed by atoms with Crippen LogP contribution in [0.25, 0.3) is 0 Å². The zero-order valence-electron chi connectivity index (χ0n) is 7.54. The Morgan fingerprint density at radius 1 is 1.53 bits per heavy atom. The van der Waals surface area contributed by atoms with E-state index in [1.165, 1.54) is 0 Å². The summed E-state index contributed by atoms with van der Waals surface area (Å²) in [6, 6.07) is 3.41. The topological polar surface area (TPSA) is 55.5 Å².